The lowest BCUT2D eigenvalue weighted by molar-refractivity contribution is -0.0494. The molecule has 0 aromatic heterocycles. The minimum absolute atomic E-state index is 0.0916. The van der Waals surface area contributed by atoms with Crippen molar-refractivity contribution in [3.05, 3.63) is 131 Å². The largest absolute Gasteiger partial charge is 0.497 e. The van der Waals surface area contributed by atoms with Crippen molar-refractivity contribution >= 4 is 0 Å². The molecule has 0 saturated heterocycles. The second-order valence-corrected chi connectivity index (χ2v) is 12.7. The van der Waals surface area contributed by atoms with Gasteiger partial charge in [0.1, 0.15) is 29.8 Å². The molecule has 1 atom stereocenters. The monoisotopic (exact) mass is 636 g/mol. The van der Waals surface area contributed by atoms with Gasteiger partial charge in [-0.2, -0.15) is 0 Å². The molecule has 0 heterocycles. The molecule has 0 bridgehead atoms. The van der Waals surface area contributed by atoms with E-state index in [1.165, 1.54) is 82.6 Å². The standard InChI is InChI=1S/C43H56O4/c1-3-4-5-6-7-8-9-10-11-12-13-16-22-36-23-21-28-42(33-36)46-34-40(44)35-47-43(37-24-17-14-18-25-37,38-26-19-15-20-27-38)39-29-31-41(45-2)32-30-39/h14-15,17-21,23-33,40,44H,3-13,16,22,34-35H2,1-2H3. The van der Waals surface area contributed by atoms with Crippen molar-refractivity contribution in [3.8, 4) is 11.5 Å². The second kappa shape index (κ2) is 20.6. The molecule has 0 amide bonds. The van der Waals surface area contributed by atoms with Crippen LogP contribution in [0.2, 0.25) is 0 Å². The smallest absolute Gasteiger partial charge is 0.143 e. The summed E-state index contributed by atoms with van der Waals surface area (Å²) in [5, 5.41) is 11.1. The minimum atomic E-state index is -0.927. The topological polar surface area (TPSA) is 47.9 Å². The van der Waals surface area contributed by atoms with Gasteiger partial charge in [-0.1, -0.05) is 162 Å². The summed E-state index contributed by atoms with van der Waals surface area (Å²) < 4.78 is 18.3. The maximum absolute atomic E-state index is 11.1. The third-order valence-corrected chi connectivity index (χ3v) is 9.01. The van der Waals surface area contributed by atoms with Crippen molar-refractivity contribution < 1.29 is 19.3 Å². The molecule has 0 spiro atoms. The Balaban J connectivity index is 1.28. The predicted octanol–water partition coefficient (Wildman–Crippen LogP) is 10.7. The maximum Gasteiger partial charge on any atom is 0.143 e. The summed E-state index contributed by atoms with van der Waals surface area (Å²) in [5.41, 5.74) is 3.27. The Labute approximate surface area is 284 Å². The molecule has 4 nitrogen and oxygen atoms in total. The molecule has 1 unspecified atom stereocenters. The lowest BCUT2D eigenvalue weighted by Gasteiger charge is -2.36. The van der Waals surface area contributed by atoms with Crippen molar-refractivity contribution in [2.45, 2.75) is 102 Å². The summed E-state index contributed by atoms with van der Waals surface area (Å²) in [7, 11) is 1.67. The number of aliphatic hydroxyl groups is 1. The van der Waals surface area contributed by atoms with E-state index in [2.05, 4.69) is 43.3 Å². The number of methoxy groups -OCH3 is 1. The van der Waals surface area contributed by atoms with Gasteiger partial charge in [-0.25, -0.2) is 0 Å². The molecule has 0 radical (unpaired) electrons. The van der Waals surface area contributed by atoms with E-state index in [-0.39, 0.29) is 13.2 Å². The van der Waals surface area contributed by atoms with E-state index in [0.29, 0.717) is 0 Å². The zero-order chi connectivity index (χ0) is 33.0. The molecule has 252 valence electrons. The van der Waals surface area contributed by atoms with Crippen LogP contribution in [0.15, 0.2) is 109 Å². The maximum atomic E-state index is 11.1. The zero-order valence-corrected chi connectivity index (χ0v) is 28.7. The molecule has 4 heteroatoms. The minimum Gasteiger partial charge on any atom is -0.497 e. The van der Waals surface area contributed by atoms with Crippen molar-refractivity contribution in [1.29, 1.82) is 0 Å². The summed E-state index contributed by atoms with van der Waals surface area (Å²) >= 11 is 0. The average Bonchev–Trinajstić information content (AvgIpc) is 3.13. The van der Waals surface area contributed by atoms with Gasteiger partial charge in [0.05, 0.1) is 13.7 Å². The van der Waals surface area contributed by atoms with Crippen molar-refractivity contribution in [3.63, 3.8) is 0 Å². The Morgan fingerprint density at radius 1 is 0.553 bits per heavy atom. The first-order valence-corrected chi connectivity index (χ1v) is 17.9. The summed E-state index contributed by atoms with van der Waals surface area (Å²) in [6.45, 7) is 2.51. The highest BCUT2D eigenvalue weighted by Crippen LogP contribution is 2.41. The predicted molar refractivity (Wildman–Crippen MR) is 194 cm³/mol. The fraction of sp³-hybridized carbons (Fsp3) is 0.442. The number of ether oxygens (including phenoxy) is 3. The molecule has 47 heavy (non-hydrogen) atoms. The van der Waals surface area contributed by atoms with Crippen LogP contribution in [0.25, 0.3) is 0 Å². The number of rotatable bonds is 23. The van der Waals surface area contributed by atoms with Gasteiger partial charge in [0, 0.05) is 0 Å². The third kappa shape index (κ3) is 11.6. The van der Waals surface area contributed by atoms with Gasteiger partial charge >= 0.3 is 0 Å². The molecule has 0 aliphatic carbocycles. The van der Waals surface area contributed by atoms with Crippen LogP contribution in [0.5, 0.6) is 11.5 Å². The van der Waals surface area contributed by atoms with E-state index in [1.807, 2.05) is 72.8 Å². The number of benzene rings is 4. The molecular weight excluding hydrogens is 580 g/mol. The Kier molecular flexibility index (Phi) is 15.9. The highest BCUT2D eigenvalue weighted by atomic mass is 16.5. The highest BCUT2D eigenvalue weighted by Gasteiger charge is 2.38. The number of aliphatic hydroxyl groups excluding tert-OH is 1. The SMILES string of the molecule is CCCCCCCCCCCCCCc1cccc(OCC(O)COC(c2ccccc2)(c2ccccc2)c2ccc(OC)cc2)c1. The van der Waals surface area contributed by atoms with Crippen LogP contribution in [0.1, 0.15) is 106 Å². The van der Waals surface area contributed by atoms with Gasteiger partial charge < -0.3 is 19.3 Å². The van der Waals surface area contributed by atoms with Gasteiger partial charge in [-0.05, 0) is 59.4 Å². The number of hydrogen-bond acceptors (Lipinski definition) is 4. The van der Waals surface area contributed by atoms with E-state index in [0.717, 1.165) is 34.6 Å². The van der Waals surface area contributed by atoms with E-state index < -0.39 is 11.7 Å². The quantitative estimate of drug-likeness (QED) is 0.0650. The molecule has 0 aliphatic heterocycles. The van der Waals surface area contributed by atoms with Gasteiger partial charge in [-0.3, -0.25) is 0 Å². The number of hydrogen-bond donors (Lipinski definition) is 1. The van der Waals surface area contributed by atoms with Crippen molar-refractivity contribution in [2.75, 3.05) is 20.3 Å². The number of aryl methyl sites for hydroxylation is 1. The summed E-state index contributed by atoms with van der Waals surface area (Å²) in [4.78, 5) is 0. The normalized spacial score (nSPS) is 12.1. The average molecular weight is 637 g/mol. The molecule has 4 aromatic carbocycles. The summed E-state index contributed by atoms with van der Waals surface area (Å²) in [6.07, 6.45) is 16.5. The van der Waals surface area contributed by atoms with Gasteiger partial charge in [-0.15, -0.1) is 0 Å². The van der Waals surface area contributed by atoms with Crippen LogP contribution in [-0.2, 0) is 16.8 Å². The van der Waals surface area contributed by atoms with Crippen LogP contribution in [0.4, 0.5) is 0 Å². The first kappa shape index (κ1) is 36.2. The Morgan fingerprint density at radius 2 is 1.09 bits per heavy atom. The van der Waals surface area contributed by atoms with E-state index in [1.54, 1.807) is 7.11 Å². The third-order valence-electron chi connectivity index (χ3n) is 9.01. The summed E-state index contributed by atoms with van der Waals surface area (Å²) in [5.74, 6) is 1.56. The molecule has 0 fully saturated rings. The fourth-order valence-electron chi connectivity index (χ4n) is 6.34. The Morgan fingerprint density at radius 3 is 1.64 bits per heavy atom. The number of unbranched alkanes of at least 4 members (excludes halogenated alkanes) is 11. The van der Waals surface area contributed by atoms with Gasteiger partial charge in [0.25, 0.3) is 0 Å². The first-order chi connectivity index (χ1) is 23.2. The van der Waals surface area contributed by atoms with Crippen LogP contribution in [-0.4, -0.2) is 31.5 Å². The van der Waals surface area contributed by atoms with Crippen LogP contribution < -0.4 is 9.47 Å². The van der Waals surface area contributed by atoms with Gasteiger partial charge in [0.15, 0.2) is 0 Å². The Hall–Kier alpha value is -3.60. The molecular formula is C43H56O4. The molecule has 0 aliphatic rings. The van der Waals surface area contributed by atoms with E-state index >= 15 is 0 Å². The molecule has 0 saturated carbocycles. The lowest BCUT2D eigenvalue weighted by Crippen LogP contribution is -2.37. The van der Waals surface area contributed by atoms with Crippen molar-refractivity contribution in [2.24, 2.45) is 0 Å². The molecule has 4 aromatic rings. The fourth-order valence-corrected chi connectivity index (χ4v) is 6.34. The first-order valence-electron chi connectivity index (χ1n) is 17.9. The van der Waals surface area contributed by atoms with Gasteiger partial charge in [0.2, 0.25) is 0 Å². The van der Waals surface area contributed by atoms with Crippen LogP contribution in [0, 0.1) is 0 Å². The zero-order valence-electron chi connectivity index (χ0n) is 28.7. The molecule has 4 rings (SSSR count). The van der Waals surface area contributed by atoms with E-state index in [9.17, 15) is 5.11 Å². The highest BCUT2D eigenvalue weighted by molar-refractivity contribution is 5.48. The molecule has 1 N–H and O–H groups in total. The van der Waals surface area contributed by atoms with Crippen molar-refractivity contribution in [1.82, 2.24) is 0 Å². The lowest BCUT2D eigenvalue weighted by atomic mass is 9.80. The second-order valence-electron chi connectivity index (χ2n) is 12.7. The van der Waals surface area contributed by atoms with E-state index in [4.69, 9.17) is 14.2 Å². The summed E-state index contributed by atoms with van der Waals surface area (Å²) in [6, 6.07) is 36.6. The van der Waals surface area contributed by atoms with Crippen LogP contribution >= 0.6 is 0 Å². The Bertz CT molecular complexity index is 1330. The van der Waals surface area contributed by atoms with Crippen LogP contribution in [0.3, 0.4) is 0 Å².